The molecule has 1 saturated carbocycles. The second-order valence-electron chi connectivity index (χ2n) is 6.27. The van der Waals surface area contributed by atoms with Crippen LogP contribution in [0.5, 0.6) is 0 Å². The zero-order valence-electron chi connectivity index (χ0n) is 13.0. The molecule has 1 atom stereocenters. The summed E-state index contributed by atoms with van der Waals surface area (Å²) >= 11 is 0. The van der Waals surface area contributed by atoms with Crippen LogP contribution >= 0.6 is 0 Å². The molecule has 0 radical (unpaired) electrons. The van der Waals surface area contributed by atoms with E-state index in [1.54, 1.807) is 32.2 Å². The number of amides is 1. The molecule has 3 rings (SSSR count). The topological polar surface area (TPSA) is 66.5 Å². The number of hydrogen-bond donors (Lipinski definition) is 1. The maximum absolute atomic E-state index is 12.8. The van der Waals surface area contributed by atoms with Gasteiger partial charge in [0.15, 0.2) is 0 Å². The quantitative estimate of drug-likeness (QED) is 0.930. The van der Waals surface area contributed by atoms with Crippen molar-refractivity contribution in [3.8, 4) is 0 Å². The van der Waals surface area contributed by atoms with Crippen LogP contribution in [0.4, 0.5) is 5.69 Å². The lowest BCUT2D eigenvalue weighted by atomic mass is 9.96. The summed E-state index contributed by atoms with van der Waals surface area (Å²) in [5.41, 5.74) is 1.49. The Morgan fingerprint density at radius 2 is 1.86 bits per heavy atom. The maximum atomic E-state index is 12.8. The molecule has 0 unspecified atom stereocenters. The van der Waals surface area contributed by atoms with E-state index in [2.05, 4.69) is 5.32 Å². The minimum atomic E-state index is -3.51. The van der Waals surface area contributed by atoms with Gasteiger partial charge in [-0.15, -0.1) is 0 Å². The molecular weight excluding hydrogens is 300 g/mol. The summed E-state index contributed by atoms with van der Waals surface area (Å²) in [6.45, 7) is 1.79. The molecule has 2 aliphatic rings. The number of anilines is 1. The van der Waals surface area contributed by atoms with Crippen molar-refractivity contribution < 1.29 is 13.2 Å². The van der Waals surface area contributed by atoms with E-state index in [0.29, 0.717) is 0 Å². The Morgan fingerprint density at radius 1 is 1.18 bits per heavy atom. The number of carbonyl (C=O) groups excluding carboxylic acids is 1. The number of carbonyl (C=O) groups is 1. The molecule has 6 heteroatoms. The predicted octanol–water partition coefficient (Wildman–Crippen LogP) is 2.70. The van der Waals surface area contributed by atoms with Gasteiger partial charge in [0.1, 0.15) is 0 Å². The SMILES string of the molecule is C[C@@H]1C(=O)Nc2ccc(S(=O)(=O)N(C)C3CCCCC3)cc21. The highest BCUT2D eigenvalue weighted by molar-refractivity contribution is 7.89. The fourth-order valence-electron chi connectivity index (χ4n) is 3.36. The molecule has 0 spiro atoms. The number of benzene rings is 1. The Balaban J connectivity index is 1.91. The summed E-state index contributed by atoms with van der Waals surface area (Å²) in [4.78, 5) is 12.0. The highest BCUT2D eigenvalue weighted by Crippen LogP contribution is 2.35. The Labute approximate surface area is 131 Å². The number of sulfonamides is 1. The minimum Gasteiger partial charge on any atom is -0.325 e. The van der Waals surface area contributed by atoms with Gasteiger partial charge < -0.3 is 5.32 Å². The van der Waals surface area contributed by atoms with Crippen LogP contribution in [-0.2, 0) is 14.8 Å². The van der Waals surface area contributed by atoms with Crippen molar-refractivity contribution in [1.29, 1.82) is 0 Å². The van der Waals surface area contributed by atoms with Crippen LogP contribution in [-0.4, -0.2) is 31.7 Å². The highest BCUT2D eigenvalue weighted by Gasteiger charge is 2.32. The predicted molar refractivity (Wildman–Crippen MR) is 85.3 cm³/mol. The van der Waals surface area contributed by atoms with Gasteiger partial charge in [-0.05, 0) is 43.5 Å². The van der Waals surface area contributed by atoms with Crippen molar-refractivity contribution in [1.82, 2.24) is 4.31 Å². The first-order valence-electron chi connectivity index (χ1n) is 7.84. The highest BCUT2D eigenvalue weighted by atomic mass is 32.2. The van der Waals surface area contributed by atoms with Gasteiger partial charge in [0, 0.05) is 18.8 Å². The van der Waals surface area contributed by atoms with Crippen molar-refractivity contribution in [3.05, 3.63) is 23.8 Å². The molecule has 0 bridgehead atoms. The minimum absolute atomic E-state index is 0.0785. The van der Waals surface area contributed by atoms with E-state index in [-0.39, 0.29) is 22.8 Å². The zero-order valence-corrected chi connectivity index (χ0v) is 13.8. The van der Waals surface area contributed by atoms with E-state index in [0.717, 1.165) is 36.9 Å². The van der Waals surface area contributed by atoms with E-state index < -0.39 is 10.0 Å². The maximum Gasteiger partial charge on any atom is 0.243 e. The first kappa shape index (κ1) is 15.5. The average molecular weight is 322 g/mol. The van der Waals surface area contributed by atoms with Gasteiger partial charge in [-0.1, -0.05) is 19.3 Å². The molecule has 1 fully saturated rings. The first-order chi connectivity index (χ1) is 10.4. The molecule has 1 aromatic rings. The fourth-order valence-corrected chi connectivity index (χ4v) is 4.81. The number of nitrogens with zero attached hydrogens (tertiary/aromatic N) is 1. The van der Waals surface area contributed by atoms with E-state index in [1.807, 2.05) is 0 Å². The van der Waals surface area contributed by atoms with Crippen LogP contribution < -0.4 is 5.32 Å². The average Bonchev–Trinajstić information content (AvgIpc) is 2.82. The molecule has 5 nitrogen and oxygen atoms in total. The molecule has 1 aromatic carbocycles. The molecule has 1 amide bonds. The third kappa shape index (κ3) is 2.54. The third-order valence-electron chi connectivity index (χ3n) is 4.91. The van der Waals surface area contributed by atoms with Gasteiger partial charge >= 0.3 is 0 Å². The molecule has 1 aliphatic carbocycles. The fraction of sp³-hybridized carbons (Fsp3) is 0.562. The van der Waals surface area contributed by atoms with Crippen molar-refractivity contribution in [2.45, 2.75) is 55.9 Å². The number of rotatable bonds is 3. The van der Waals surface area contributed by atoms with Gasteiger partial charge in [-0.3, -0.25) is 4.79 Å². The van der Waals surface area contributed by atoms with E-state index in [4.69, 9.17) is 0 Å². The Hall–Kier alpha value is -1.40. The standard InChI is InChI=1S/C16H22N2O3S/c1-11-14-10-13(8-9-15(14)17-16(11)19)22(20,21)18(2)12-6-4-3-5-7-12/h8-12H,3-7H2,1-2H3,(H,17,19)/t11-/m0/s1. The Morgan fingerprint density at radius 3 is 2.55 bits per heavy atom. The van der Waals surface area contributed by atoms with Crippen molar-refractivity contribution >= 4 is 21.6 Å². The van der Waals surface area contributed by atoms with Crippen LogP contribution in [0.1, 0.15) is 50.5 Å². The van der Waals surface area contributed by atoms with Crippen LogP contribution in [0.15, 0.2) is 23.1 Å². The van der Waals surface area contributed by atoms with Gasteiger partial charge in [-0.25, -0.2) is 8.42 Å². The normalized spacial score (nSPS) is 22.7. The lowest BCUT2D eigenvalue weighted by molar-refractivity contribution is -0.116. The Kier molecular flexibility index (Phi) is 3.99. The molecule has 0 saturated heterocycles. The second kappa shape index (κ2) is 5.66. The van der Waals surface area contributed by atoms with Crippen LogP contribution in [0.25, 0.3) is 0 Å². The van der Waals surface area contributed by atoms with Crippen LogP contribution in [0.3, 0.4) is 0 Å². The van der Waals surface area contributed by atoms with Gasteiger partial charge in [0.2, 0.25) is 15.9 Å². The summed E-state index contributed by atoms with van der Waals surface area (Å²) in [5.74, 6) is -0.379. The van der Waals surface area contributed by atoms with E-state index in [1.165, 1.54) is 10.7 Å². The van der Waals surface area contributed by atoms with Crippen LogP contribution in [0, 0.1) is 0 Å². The number of hydrogen-bond acceptors (Lipinski definition) is 3. The summed E-state index contributed by atoms with van der Waals surface area (Å²) in [6, 6.07) is 5.01. The largest absolute Gasteiger partial charge is 0.325 e. The summed E-state index contributed by atoms with van der Waals surface area (Å²) in [6.07, 6.45) is 5.22. The van der Waals surface area contributed by atoms with E-state index in [9.17, 15) is 13.2 Å². The Bertz CT molecular complexity index is 693. The molecule has 0 aromatic heterocycles. The van der Waals surface area contributed by atoms with Gasteiger partial charge in [-0.2, -0.15) is 4.31 Å². The summed E-state index contributed by atoms with van der Waals surface area (Å²) in [7, 11) is -1.83. The third-order valence-corrected chi connectivity index (χ3v) is 6.81. The number of nitrogens with one attached hydrogen (secondary N) is 1. The molecule has 1 aliphatic heterocycles. The van der Waals surface area contributed by atoms with Crippen molar-refractivity contribution in [2.75, 3.05) is 12.4 Å². The number of fused-ring (bicyclic) bond motifs is 1. The second-order valence-corrected chi connectivity index (χ2v) is 8.27. The molecule has 120 valence electrons. The molecule has 1 N–H and O–H groups in total. The van der Waals surface area contributed by atoms with Crippen LogP contribution in [0.2, 0.25) is 0 Å². The van der Waals surface area contributed by atoms with Gasteiger partial charge in [0.25, 0.3) is 0 Å². The van der Waals surface area contributed by atoms with Crippen molar-refractivity contribution in [3.63, 3.8) is 0 Å². The van der Waals surface area contributed by atoms with Crippen molar-refractivity contribution in [2.24, 2.45) is 0 Å². The smallest absolute Gasteiger partial charge is 0.243 e. The summed E-state index contributed by atoms with van der Waals surface area (Å²) < 4.78 is 27.2. The van der Waals surface area contributed by atoms with E-state index >= 15 is 0 Å². The lowest BCUT2D eigenvalue weighted by Crippen LogP contribution is -2.38. The monoisotopic (exact) mass is 322 g/mol. The molecule has 1 heterocycles. The molecule has 22 heavy (non-hydrogen) atoms. The van der Waals surface area contributed by atoms with Gasteiger partial charge in [0.05, 0.1) is 10.8 Å². The zero-order chi connectivity index (χ0) is 15.9. The lowest BCUT2D eigenvalue weighted by Gasteiger charge is -2.30. The molecular formula is C16H22N2O3S. The summed E-state index contributed by atoms with van der Waals surface area (Å²) in [5, 5.41) is 2.77. The first-order valence-corrected chi connectivity index (χ1v) is 9.28.